The molecule has 10 nitrogen and oxygen atoms in total. The summed E-state index contributed by atoms with van der Waals surface area (Å²) in [5.41, 5.74) is 0. The van der Waals surface area contributed by atoms with E-state index in [1.807, 2.05) is 0 Å². The molecule has 0 atom stereocenters. The van der Waals surface area contributed by atoms with Gasteiger partial charge in [-0.2, -0.15) is 0 Å². The zero-order valence-corrected chi connectivity index (χ0v) is 11.3. The van der Waals surface area contributed by atoms with Gasteiger partial charge in [0.05, 0.1) is 0 Å². The van der Waals surface area contributed by atoms with Crippen LogP contribution in [0.4, 0.5) is 0 Å². The number of carboxylic acids is 2. The molecule has 0 saturated carbocycles. The number of carboxylic acid groups (broad SMARTS) is 2. The van der Waals surface area contributed by atoms with Crippen molar-refractivity contribution in [3.8, 4) is 0 Å². The summed E-state index contributed by atoms with van der Waals surface area (Å²) in [7, 11) is -11.3. The van der Waals surface area contributed by atoms with Gasteiger partial charge in [0.1, 0.15) is 0 Å². The van der Waals surface area contributed by atoms with Crippen molar-refractivity contribution in [3.63, 3.8) is 0 Å². The fraction of sp³-hybridized carbons (Fsp3) is 0.714. The molecule has 0 saturated heterocycles. The van der Waals surface area contributed by atoms with Crippen LogP contribution in [0.25, 0.3) is 0 Å². The fourth-order valence-electron chi connectivity index (χ4n) is 1.46. The highest BCUT2D eigenvalue weighted by atomic mass is 31.2. The van der Waals surface area contributed by atoms with Gasteiger partial charge < -0.3 is 29.8 Å². The maximum atomic E-state index is 11.2. The lowest BCUT2D eigenvalue weighted by atomic mass is 10.1. The lowest BCUT2D eigenvalue weighted by Crippen LogP contribution is -2.38. The molecule has 0 aliphatic rings. The van der Waals surface area contributed by atoms with E-state index in [2.05, 4.69) is 0 Å². The third-order valence-electron chi connectivity index (χ3n) is 2.47. The summed E-state index contributed by atoms with van der Waals surface area (Å²) in [6.07, 6.45) is -1.96. The average Bonchev–Trinajstić information content (AvgIpc) is 2.11. The molecule has 0 aromatic carbocycles. The van der Waals surface area contributed by atoms with Crippen LogP contribution < -0.4 is 0 Å². The molecule has 112 valence electrons. The maximum Gasteiger partial charge on any atom is 0.355 e. The lowest BCUT2D eigenvalue weighted by molar-refractivity contribution is -0.138. The van der Waals surface area contributed by atoms with Crippen molar-refractivity contribution < 1.29 is 48.5 Å². The van der Waals surface area contributed by atoms with E-state index < -0.39 is 44.9 Å². The van der Waals surface area contributed by atoms with Crippen molar-refractivity contribution in [3.05, 3.63) is 0 Å². The predicted octanol–water partition coefficient (Wildman–Crippen LogP) is -0.232. The van der Waals surface area contributed by atoms with Crippen LogP contribution in [0.15, 0.2) is 0 Å². The van der Waals surface area contributed by atoms with E-state index in [9.17, 15) is 18.7 Å². The first kappa shape index (κ1) is 18.2. The van der Waals surface area contributed by atoms with Crippen LogP contribution in [-0.4, -0.2) is 46.6 Å². The molecule has 0 spiro atoms. The Morgan fingerprint density at radius 2 is 1.32 bits per heavy atom. The van der Waals surface area contributed by atoms with Crippen LogP contribution in [0.1, 0.15) is 25.7 Å². The van der Waals surface area contributed by atoms with Gasteiger partial charge in [0.2, 0.25) is 0 Å². The summed E-state index contributed by atoms with van der Waals surface area (Å²) in [5.74, 6) is -3.53. The molecule has 12 heteroatoms. The Balaban J connectivity index is 5.30. The third-order valence-corrected chi connectivity index (χ3v) is 6.79. The SMILES string of the molecule is O=C(O)CCCCC(C(=O)O)(P(=O)(O)O)P(=O)(O)O. The highest BCUT2D eigenvalue weighted by Crippen LogP contribution is 2.71. The van der Waals surface area contributed by atoms with Crippen molar-refractivity contribution in [1.82, 2.24) is 0 Å². The molecule has 0 amide bonds. The van der Waals surface area contributed by atoms with Gasteiger partial charge >= 0.3 is 27.1 Å². The molecular weight excluding hydrogens is 306 g/mol. The predicted molar refractivity (Wildman–Crippen MR) is 60.6 cm³/mol. The van der Waals surface area contributed by atoms with Gasteiger partial charge in [0, 0.05) is 6.42 Å². The molecule has 0 rings (SSSR count). The number of rotatable bonds is 8. The zero-order chi connectivity index (χ0) is 15.5. The van der Waals surface area contributed by atoms with E-state index in [0.717, 1.165) is 0 Å². The third kappa shape index (κ3) is 4.10. The Bertz CT molecular complexity index is 423. The summed E-state index contributed by atoms with van der Waals surface area (Å²) in [5, 5.41) is 17.2. The molecule has 0 unspecified atom stereocenters. The van der Waals surface area contributed by atoms with Gasteiger partial charge in [0.15, 0.2) is 0 Å². The van der Waals surface area contributed by atoms with Crippen molar-refractivity contribution in [2.24, 2.45) is 0 Å². The van der Waals surface area contributed by atoms with Gasteiger partial charge in [-0.3, -0.25) is 18.7 Å². The van der Waals surface area contributed by atoms with Gasteiger partial charge in [-0.05, 0) is 12.8 Å². The van der Waals surface area contributed by atoms with E-state index in [0.29, 0.717) is 0 Å². The number of hydrogen-bond donors (Lipinski definition) is 6. The minimum atomic E-state index is -5.66. The summed E-state index contributed by atoms with van der Waals surface area (Å²) in [6.45, 7) is 0. The van der Waals surface area contributed by atoms with E-state index >= 15 is 0 Å². The average molecular weight is 320 g/mol. The second-order valence-corrected chi connectivity index (χ2v) is 7.87. The van der Waals surface area contributed by atoms with Crippen LogP contribution in [-0.2, 0) is 18.7 Å². The van der Waals surface area contributed by atoms with Crippen LogP contribution in [0, 0.1) is 0 Å². The first-order valence-corrected chi connectivity index (χ1v) is 8.15. The normalized spacial score (nSPS) is 13.3. The van der Waals surface area contributed by atoms with E-state index in [4.69, 9.17) is 29.8 Å². The Morgan fingerprint density at radius 1 is 0.895 bits per heavy atom. The van der Waals surface area contributed by atoms with Crippen LogP contribution in [0.5, 0.6) is 0 Å². The highest BCUT2D eigenvalue weighted by Gasteiger charge is 2.66. The second kappa shape index (κ2) is 6.13. The Kier molecular flexibility index (Phi) is 5.88. The molecule has 0 aromatic heterocycles. The molecule has 0 radical (unpaired) electrons. The number of hydrogen-bond acceptors (Lipinski definition) is 4. The molecule has 0 heterocycles. The van der Waals surface area contributed by atoms with Crippen molar-refractivity contribution >= 4 is 27.1 Å². The molecule has 0 fully saturated rings. The van der Waals surface area contributed by atoms with E-state index in [1.165, 1.54) is 0 Å². The van der Waals surface area contributed by atoms with Crippen molar-refractivity contribution in [2.75, 3.05) is 0 Å². The largest absolute Gasteiger partial charge is 0.481 e. The van der Waals surface area contributed by atoms with Gasteiger partial charge in [-0.15, -0.1) is 0 Å². The van der Waals surface area contributed by atoms with Crippen LogP contribution >= 0.6 is 15.2 Å². The monoisotopic (exact) mass is 320 g/mol. The Hall–Kier alpha value is -0.760. The van der Waals surface area contributed by atoms with E-state index in [1.54, 1.807) is 0 Å². The quantitative estimate of drug-likeness (QED) is 0.257. The molecule has 0 aliphatic heterocycles. The molecular formula is C7H14O10P2. The van der Waals surface area contributed by atoms with Gasteiger partial charge in [-0.25, -0.2) is 0 Å². The summed E-state index contributed by atoms with van der Waals surface area (Å²) in [4.78, 5) is 53.5. The topological polar surface area (TPSA) is 190 Å². The smallest absolute Gasteiger partial charge is 0.355 e. The summed E-state index contributed by atoms with van der Waals surface area (Å²) < 4.78 is 22.3. The van der Waals surface area contributed by atoms with Gasteiger partial charge in [-0.1, -0.05) is 6.42 Å². The Morgan fingerprint density at radius 3 is 1.58 bits per heavy atom. The van der Waals surface area contributed by atoms with Gasteiger partial charge in [0.25, 0.3) is 4.90 Å². The van der Waals surface area contributed by atoms with Crippen LogP contribution in [0.2, 0.25) is 0 Å². The van der Waals surface area contributed by atoms with Crippen molar-refractivity contribution in [1.29, 1.82) is 0 Å². The molecule has 0 bridgehead atoms. The summed E-state index contributed by atoms with van der Waals surface area (Å²) >= 11 is 0. The molecule has 6 N–H and O–H groups in total. The maximum absolute atomic E-state index is 11.2. The number of carbonyl (C=O) groups is 2. The lowest BCUT2D eigenvalue weighted by Gasteiger charge is -2.30. The first-order chi connectivity index (χ1) is 8.36. The minimum absolute atomic E-state index is 0.162. The molecule has 19 heavy (non-hydrogen) atoms. The Labute approximate surface area is 107 Å². The second-order valence-electron chi connectivity index (χ2n) is 3.81. The molecule has 0 aliphatic carbocycles. The number of aliphatic carboxylic acids is 2. The fourth-order valence-corrected chi connectivity index (χ4v) is 4.22. The molecule has 0 aromatic rings. The summed E-state index contributed by atoms with van der Waals surface area (Å²) in [6, 6.07) is 0. The number of unbranched alkanes of at least 4 members (excludes halogenated alkanes) is 1. The van der Waals surface area contributed by atoms with Crippen molar-refractivity contribution in [2.45, 2.75) is 30.6 Å². The standard InChI is InChI=1S/C7H14O10P2/c8-5(9)3-1-2-4-7(6(10)11,18(12,13)14)19(15,16)17/h1-4H2,(H,8,9)(H,10,11)(H2,12,13,14)(H2,15,16,17). The zero-order valence-electron chi connectivity index (χ0n) is 9.54. The first-order valence-electron chi connectivity index (χ1n) is 4.92. The highest BCUT2D eigenvalue weighted by molar-refractivity contribution is 7.74. The minimum Gasteiger partial charge on any atom is -0.481 e. The van der Waals surface area contributed by atoms with Crippen LogP contribution in [0.3, 0.4) is 0 Å². The van der Waals surface area contributed by atoms with E-state index in [-0.39, 0.29) is 12.8 Å².